The first-order valence-electron chi connectivity index (χ1n) is 13.1. The van der Waals surface area contributed by atoms with Gasteiger partial charge < -0.3 is 20.1 Å². The van der Waals surface area contributed by atoms with Crippen molar-refractivity contribution in [1.82, 2.24) is 4.90 Å². The van der Waals surface area contributed by atoms with Crippen molar-refractivity contribution < 1.29 is 44.3 Å². The van der Waals surface area contributed by atoms with E-state index in [9.17, 15) is 14.7 Å². The van der Waals surface area contributed by atoms with Gasteiger partial charge in [0.1, 0.15) is 0 Å². The van der Waals surface area contributed by atoms with Crippen LogP contribution in [0.25, 0.3) is 0 Å². The molecule has 4 rings (SSSR count). The molecule has 0 aromatic heterocycles. The van der Waals surface area contributed by atoms with Gasteiger partial charge in [0, 0.05) is 36.1 Å². The van der Waals surface area contributed by atoms with Gasteiger partial charge in [-0.15, -0.1) is 12.4 Å². The summed E-state index contributed by atoms with van der Waals surface area (Å²) >= 11 is 12.1. The summed E-state index contributed by atoms with van der Waals surface area (Å²) in [6, 6.07) is 20.3. The minimum Gasteiger partial charge on any atom is -0.550 e. The van der Waals surface area contributed by atoms with Crippen LogP contribution in [0.3, 0.4) is 0 Å². The molecule has 3 aromatic carbocycles. The number of hydrogen-bond acceptors (Lipinski definition) is 5. The molecule has 1 unspecified atom stereocenters. The molecule has 0 saturated carbocycles. The zero-order valence-corrected chi connectivity index (χ0v) is 27.7. The summed E-state index contributed by atoms with van der Waals surface area (Å²) in [5, 5.41) is 14.7. The molecule has 0 bridgehead atoms. The molecule has 1 N–H and O–H groups in total. The van der Waals surface area contributed by atoms with Crippen LogP contribution in [0.5, 0.6) is 0 Å². The zero-order valence-electron chi connectivity index (χ0n) is 23.4. The van der Waals surface area contributed by atoms with E-state index in [2.05, 4.69) is 36.2 Å². The molecule has 1 saturated heterocycles. The number of ketones is 1. The van der Waals surface area contributed by atoms with Gasteiger partial charge in [0.2, 0.25) is 0 Å². The molecule has 1 atom stereocenters. The van der Waals surface area contributed by atoms with Gasteiger partial charge in [0.15, 0.2) is 5.78 Å². The number of nitrogens with one attached hydrogen (secondary N) is 1. The maximum Gasteiger partial charge on any atom is 1.00 e. The molecule has 5 nitrogen and oxygen atoms in total. The Labute approximate surface area is 276 Å². The van der Waals surface area contributed by atoms with Crippen molar-refractivity contribution in [3.63, 3.8) is 0 Å². The Hall–Kier alpha value is -1.57. The third kappa shape index (κ3) is 11.4. The Balaban J connectivity index is 0.000000381. The quantitative estimate of drug-likeness (QED) is 0.292. The molecule has 1 heterocycles. The Kier molecular flexibility index (Phi) is 17.1. The number of aliphatic carboxylic acids is 1. The molecular formula is C31H36Cl3N2NaO3. The summed E-state index contributed by atoms with van der Waals surface area (Å²) in [5.74, 6) is -0.752. The second kappa shape index (κ2) is 18.8. The van der Waals surface area contributed by atoms with Gasteiger partial charge in [0.05, 0.1) is 15.7 Å². The number of carbonyl (C=O) groups excluding carboxylic acids is 2. The maximum absolute atomic E-state index is 12.4. The van der Waals surface area contributed by atoms with Crippen LogP contribution in [0.15, 0.2) is 66.7 Å². The number of Topliss-reactive ketones (excluding diaryl/α,β-unsaturated/α-hetero) is 1. The van der Waals surface area contributed by atoms with Crippen LogP contribution in [0.1, 0.15) is 54.6 Å². The summed E-state index contributed by atoms with van der Waals surface area (Å²) in [7, 11) is 0. The van der Waals surface area contributed by atoms with Gasteiger partial charge in [-0.1, -0.05) is 92.0 Å². The first-order valence-corrected chi connectivity index (χ1v) is 13.9. The molecule has 0 aliphatic carbocycles. The summed E-state index contributed by atoms with van der Waals surface area (Å²) in [4.78, 5) is 25.5. The number of anilines is 2. The Morgan fingerprint density at radius 1 is 0.925 bits per heavy atom. The fourth-order valence-corrected chi connectivity index (χ4v) is 5.00. The Morgan fingerprint density at radius 3 is 2.10 bits per heavy atom. The van der Waals surface area contributed by atoms with Gasteiger partial charge in [-0.25, -0.2) is 0 Å². The van der Waals surface area contributed by atoms with Crippen LogP contribution >= 0.6 is 35.6 Å². The number of nitrogens with zero attached hydrogens (tertiary/aromatic N) is 1. The molecule has 210 valence electrons. The normalized spacial score (nSPS) is 13.5. The predicted molar refractivity (Wildman–Crippen MR) is 162 cm³/mol. The zero-order chi connectivity index (χ0) is 27.5. The monoisotopic (exact) mass is 612 g/mol. The smallest absolute Gasteiger partial charge is 0.550 e. The van der Waals surface area contributed by atoms with Gasteiger partial charge in [-0.2, -0.15) is 0 Å². The Bertz CT molecular complexity index is 1200. The molecule has 1 aliphatic heterocycles. The standard InChI is InChI=1S/C17H25NO.C14H11Cl2NO2.ClH.Na/c1-3-15-7-9-16(10-8-15)17(19)14(2)13-18-11-5-4-6-12-18;15-10-5-3-6-11(16)14(10)17-12-7-2-1-4-9(12)8-13(18)19;;/h7-10,14H,3-6,11-13H2,1-2H3;1-7,17H,8H2,(H,18,19);1H;/q;;;+1/p-1. The summed E-state index contributed by atoms with van der Waals surface area (Å²) in [6.07, 6.45) is 4.76. The first kappa shape index (κ1) is 36.5. The van der Waals surface area contributed by atoms with E-state index in [4.69, 9.17) is 23.2 Å². The second-order valence-electron chi connectivity index (χ2n) is 9.60. The third-order valence-corrected chi connectivity index (χ3v) is 7.28. The van der Waals surface area contributed by atoms with Crippen molar-refractivity contribution in [2.24, 2.45) is 5.92 Å². The number of likely N-dealkylation sites (tertiary alicyclic amines) is 1. The summed E-state index contributed by atoms with van der Waals surface area (Å²) in [6.45, 7) is 7.42. The number of aryl methyl sites for hydroxylation is 1. The summed E-state index contributed by atoms with van der Waals surface area (Å²) in [5.41, 5.74) is 3.96. The van der Waals surface area contributed by atoms with Crippen LogP contribution in [-0.2, 0) is 17.6 Å². The van der Waals surface area contributed by atoms with Crippen molar-refractivity contribution in [1.29, 1.82) is 0 Å². The maximum atomic E-state index is 12.4. The van der Waals surface area contributed by atoms with Crippen molar-refractivity contribution in [2.45, 2.75) is 46.0 Å². The molecular weight excluding hydrogens is 578 g/mol. The molecule has 3 aromatic rings. The number of carbonyl (C=O) groups is 2. The fraction of sp³-hybridized carbons (Fsp3) is 0.355. The summed E-state index contributed by atoms with van der Waals surface area (Å²) < 4.78 is 0. The Morgan fingerprint density at radius 2 is 1.52 bits per heavy atom. The largest absolute Gasteiger partial charge is 1.00 e. The van der Waals surface area contributed by atoms with Crippen molar-refractivity contribution in [2.75, 3.05) is 25.0 Å². The van der Waals surface area contributed by atoms with Crippen LogP contribution in [0.4, 0.5) is 11.4 Å². The van der Waals surface area contributed by atoms with Gasteiger partial charge in [-0.05, 0) is 61.7 Å². The van der Waals surface area contributed by atoms with Crippen LogP contribution in [-0.4, -0.2) is 36.3 Å². The van der Waals surface area contributed by atoms with Gasteiger partial charge in [0.25, 0.3) is 0 Å². The van der Waals surface area contributed by atoms with E-state index >= 15 is 0 Å². The second-order valence-corrected chi connectivity index (χ2v) is 10.4. The fourth-order valence-electron chi connectivity index (χ4n) is 4.51. The van der Waals surface area contributed by atoms with E-state index in [-0.39, 0.29) is 60.1 Å². The topological polar surface area (TPSA) is 72.5 Å². The average molecular weight is 614 g/mol. The minimum absolute atomic E-state index is 0. The number of carboxylic acid groups (broad SMARTS) is 1. The van der Waals surface area contributed by atoms with Crippen LogP contribution in [0.2, 0.25) is 10.0 Å². The number of hydrogen-bond donors (Lipinski definition) is 1. The number of benzene rings is 3. The number of rotatable bonds is 9. The molecule has 1 fully saturated rings. The molecule has 0 amide bonds. The minimum atomic E-state index is -1.14. The predicted octanol–water partition coefficient (Wildman–Crippen LogP) is 4.01. The van der Waals surface area contributed by atoms with E-state index in [1.807, 2.05) is 12.1 Å². The molecule has 9 heteroatoms. The molecule has 40 heavy (non-hydrogen) atoms. The van der Waals surface area contributed by atoms with E-state index in [1.165, 1.54) is 24.8 Å². The van der Waals surface area contributed by atoms with E-state index in [1.54, 1.807) is 42.5 Å². The van der Waals surface area contributed by atoms with E-state index < -0.39 is 5.97 Å². The number of para-hydroxylation sites is 2. The number of piperidine rings is 1. The van der Waals surface area contributed by atoms with E-state index in [0.29, 0.717) is 27.0 Å². The first-order chi connectivity index (χ1) is 18.3. The van der Waals surface area contributed by atoms with E-state index in [0.717, 1.165) is 31.6 Å². The van der Waals surface area contributed by atoms with Crippen LogP contribution < -0.4 is 40.0 Å². The molecule has 0 spiro atoms. The van der Waals surface area contributed by atoms with Crippen molar-refractivity contribution in [3.8, 4) is 0 Å². The van der Waals surface area contributed by atoms with Crippen molar-refractivity contribution in [3.05, 3.63) is 93.5 Å². The van der Waals surface area contributed by atoms with Crippen molar-refractivity contribution >= 4 is 58.7 Å². The number of carboxylic acids is 1. The van der Waals surface area contributed by atoms with Gasteiger partial charge >= 0.3 is 29.6 Å². The van der Waals surface area contributed by atoms with Crippen LogP contribution in [0, 0.1) is 5.92 Å². The SMILES string of the molecule is CCc1ccc(C(=O)C(C)CN2CCCCC2)cc1.Cl.O=C([O-])Cc1ccccc1Nc1c(Cl)cccc1Cl.[Na+]. The third-order valence-electron chi connectivity index (χ3n) is 6.65. The molecule has 0 radical (unpaired) electrons. The van der Waals surface area contributed by atoms with Gasteiger partial charge in [-0.3, -0.25) is 4.79 Å². The molecule has 1 aliphatic rings. The number of halogens is 3. The average Bonchev–Trinajstić information content (AvgIpc) is 2.92.